The highest BCUT2D eigenvalue weighted by Gasteiger charge is 2.33. The summed E-state index contributed by atoms with van der Waals surface area (Å²) in [7, 11) is 1.54. The Bertz CT molecular complexity index is 456. The first kappa shape index (κ1) is 14.4. The van der Waals surface area contributed by atoms with Crippen molar-refractivity contribution < 1.29 is 22.6 Å². The van der Waals surface area contributed by atoms with Gasteiger partial charge in [0.25, 0.3) is 0 Å². The summed E-state index contributed by atoms with van der Waals surface area (Å²) in [6.07, 6.45) is -3.90. The van der Waals surface area contributed by atoms with E-state index in [0.29, 0.717) is 13.2 Å². The van der Waals surface area contributed by atoms with Gasteiger partial charge in [-0.15, -0.1) is 0 Å². The minimum atomic E-state index is -4.46. The molecule has 2 atom stereocenters. The lowest BCUT2D eigenvalue weighted by atomic mass is 10.2. The van der Waals surface area contributed by atoms with Gasteiger partial charge in [0.2, 0.25) is 0 Å². The van der Waals surface area contributed by atoms with Gasteiger partial charge in [0.1, 0.15) is 11.9 Å². The lowest BCUT2D eigenvalue weighted by Gasteiger charge is -2.19. The van der Waals surface area contributed by atoms with Crippen molar-refractivity contribution in [1.29, 1.82) is 0 Å². The summed E-state index contributed by atoms with van der Waals surface area (Å²) in [4.78, 5) is 3.70. The first-order valence-electron chi connectivity index (χ1n) is 5.51. The van der Waals surface area contributed by atoms with Crippen LogP contribution in [0.3, 0.4) is 0 Å². The van der Waals surface area contributed by atoms with Crippen LogP contribution in [0.4, 0.5) is 19.0 Å². The second-order valence-electron chi connectivity index (χ2n) is 4.11. The number of methoxy groups -OCH3 is 1. The molecule has 0 aromatic carbocycles. The Morgan fingerprint density at radius 1 is 1.47 bits per heavy atom. The molecule has 0 unspecified atom stereocenters. The Morgan fingerprint density at radius 3 is 2.79 bits per heavy atom. The Kier molecular flexibility index (Phi) is 4.17. The van der Waals surface area contributed by atoms with Crippen LogP contribution in [-0.2, 0) is 15.7 Å². The zero-order valence-corrected chi connectivity index (χ0v) is 10.8. The van der Waals surface area contributed by atoms with Crippen molar-refractivity contribution in [1.82, 2.24) is 4.98 Å². The maximum absolute atomic E-state index is 12.5. The third-order valence-electron chi connectivity index (χ3n) is 2.82. The number of anilines is 1. The van der Waals surface area contributed by atoms with Gasteiger partial charge in [0, 0.05) is 13.3 Å². The van der Waals surface area contributed by atoms with Crippen LogP contribution in [0, 0.1) is 0 Å². The minimum absolute atomic E-state index is 0.0865. The van der Waals surface area contributed by atoms with Crippen molar-refractivity contribution in [3.05, 3.63) is 22.8 Å². The molecule has 2 heterocycles. The van der Waals surface area contributed by atoms with Gasteiger partial charge in [-0.25, -0.2) is 4.98 Å². The summed E-state index contributed by atoms with van der Waals surface area (Å²) in [5.74, 6) is 0.187. The van der Waals surface area contributed by atoms with Crippen molar-refractivity contribution in [3.8, 4) is 0 Å². The molecule has 1 aromatic rings. The first-order valence-corrected chi connectivity index (χ1v) is 5.89. The second kappa shape index (κ2) is 5.52. The molecule has 1 aliphatic heterocycles. The van der Waals surface area contributed by atoms with Crippen LogP contribution in [0.25, 0.3) is 0 Å². The van der Waals surface area contributed by atoms with Gasteiger partial charge in [-0.3, -0.25) is 0 Å². The molecule has 0 radical (unpaired) electrons. The third kappa shape index (κ3) is 3.29. The molecule has 106 valence electrons. The standard InChI is InChI=1S/C11H12ClF3N2O2/c1-18-9-5-19-4-8(9)17-10-7(12)2-6(3-16-10)11(13,14)15/h2-3,8-9H,4-5H2,1H3,(H,16,17)/t8-,9-/m0/s1. The van der Waals surface area contributed by atoms with Gasteiger partial charge in [-0.05, 0) is 6.07 Å². The van der Waals surface area contributed by atoms with Gasteiger partial charge in [-0.2, -0.15) is 13.2 Å². The van der Waals surface area contributed by atoms with E-state index >= 15 is 0 Å². The van der Waals surface area contributed by atoms with Gasteiger partial charge in [0.05, 0.1) is 29.8 Å². The predicted molar refractivity (Wildman–Crippen MR) is 63.3 cm³/mol. The monoisotopic (exact) mass is 296 g/mol. The summed E-state index contributed by atoms with van der Waals surface area (Å²) < 4.78 is 47.8. The van der Waals surface area contributed by atoms with Crippen LogP contribution in [0.5, 0.6) is 0 Å². The molecule has 2 rings (SSSR count). The van der Waals surface area contributed by atoms with E-state index < -0.39 is 11.7 Å². The number of halogens is 4. The maximum Gasteiger partial charge on any atom is 0.417 e. The summed E-state index contributed by atoms with van der Waals surface area (Å²) in [6, 6.07) is 0.654. The molecule has 8 heteroatoms. The van der Waals surface area contributed by atoms with Crippen molar-refractivity contribution in [2.75, 3.05) is 25.6 Å². The Balaban J connectivity index is 2.13. The fourth-order valence-corrected chi connectivity index (χ4v) is 2.00. The quantitative estimate of drug-likeness (QED) is 0.931. The van der Waals surface area contributed by atoms with E-state index in [2.05, 4.69) is 10.3 Å². The van der Waals surface area contributed by atoms with Crippen molar-refractivity contribution in [2.24, 2.45) is 0 Å². The summed E-state index contributed by atoms with van der Waals surface area (Å²) in [5.41, 5.74) is -0.881. The Morgan fingerprint density at radius 2 is 2.21 bits per heavy atom. The van der Waals surface area contributed by atoms with E-state index in [9.17, 15) is 13.2 Å². The fourth-order valence-electron chi connectivity index (χ4n) is 1.78. The highest BCUT2D eigenvalue weighted by Crippen LogP contribution is 2.32. The summed E-state index contributed by atoms with van der Waals surface area (Å²) >= 11 is 5.80. The van der Waals surface area contributed by atoms with E-state index in [1.165, 1.54) is 7.11 Å². The second-order valence-corrected chi connectivity index (χ2v) is 4.52. The van der Waals surface area contributed by atoms with Gasteiger partial charge >= 0.3 is 6.18 Å². The Labute approximate surface area is 112 Å². The van der Waals surface area contributed by atoms with E-state index in [1.807, 2.05) is 0 Å². The zero-order valence-electron chi connectivity index (χ0n) is 10.00. The normalized spacial score (nSPS) is 23.6. The third-order valence-corrected chi connectivity index (χ3v) is 3.11. The average Bonchev–Trinajstić information content (AvgIpc) is 2.77. The van der Waals surface area contributed by atoms with Crippen LogP contribution in [0.2, 0.25) is 5.02 Å². The number of alkyl halides is 3. The van der Waals surface area contributed by atoms with E-state index in [1.54, 1.807) is 0 Å². The van der Waals surface area contributed by atoms with E-state index in [-0.39, 0.29) is 23.0 Å². The number of hydrogen-bond acceptors (Lipinski definition) is 4. The van der Waals surface area contributed by atoms with Crippen LogP contribution in [0.15, 0.2) is 12.3 Å². The molecular formula is C11H12ClF3N2O2. The molecule has 0 spiro atoms. The van der Waals surface area contributed by atoms with Gasteiger partial charge < -0.3 is 14.8 Å². The largest absolute Gasteiger partial charge is 0.417 e. The molecule has 1 aliphatic rings. The molecule has 1 fully saturated rings. The number of nitrogens with one attached hydrogen (secondary N) is 1. The smallest absolute Gasteiger partial charge is 0.377 e. The highest BCUT2D eigenvalue weighted by atomic mass is 35.5. The van der Waals surface area contributed by atoms with Crippen molar-refractivity contribution in [2.45, 2.75) is 18.3 Å². The molecule has 0 saturated carbocycles. The summed E-state index contributed by atoms with van der Waals surface area (Å²) in [5, 5.41) is 2.84. The maximum atomic E-state index is 12.5. The van der Waals surface area contributed by atoms with Crippen molar-refractivity contribution >= 4 is 17.4 Å². The van der Waals surface area contributed by atoms with Gasteiger partial charge in [0.15, 0.2) is 0 Å². The number of rotatable bonds is 3. The van der Waals surface area contributed by atoms with Crippen LogP contribution in [-0.4, -0.2) is 37.5 Å². The lowest BCUT2D eigenvalue weighted by molar-refractivity contribution is -0.137. The van der Waals surface area contributed by atoms with E-state index in [0.717, 1.165) is 12.3 Å². The molecule has 1 aromatic heterocycles. The number of pyridine rings is 1. The van der Waals surface area contributed by atoms with E-state index in [4.69, 9.17) is 21.1 Å². The Hall–Kier alpha value is -1.05. The molecule has 0 amide bonds. The number of hydrogen-bond donors (Lipinski definition) is 1. The first-order chi connectivity index (χ1) is 8.91. The lowest BCUT2D eigenvalue weighted by Crippen LogP contribution is -2.33. The number of nitrogens with zero attached hydrogens (tertiary/aromatic N) is 1. The average molecular weight is 297 g/mol. The van der Waals surface area contributed by atoms with Crippen LogP contribution in [0.1, 0.15) is 5.56 Å². The SMILES string of the molecule is CO[C@H]1COC[C@@H]1Nc1ncc(C(F)(F)F)cc1Cl. The molecule has 0 aliphatic carbocycles. The number of aromatic nitrogens is 1. The molecule has 4 nitrogen and oxygen atoms in total. The zero-order chi connectivity index (χ0) is 14.0. The molecule has 19 heavy (non-hydrogen) atoms. The highest BCUT2D eigenvalue weighted by molar-refractivity contribution is 6.33. The molecule has 1 N–H and O–H groups in total. The topological polar surface area (TPSA) is 43.4 Å². The minimum Gasteiger partial charge on any atom is -0.377 e. The molecule has 0 bridgehead atoms. The fraction of sp³-hybridized carbons (Fsp3) is 0.545. The predicted octanol–water partition coefficient (Wildman–Crippen LogP) is 2.58. The van der Waals surface area contributed by atoms with Gasteiger partial charge in [-0.1, -0.05) is 11.6 Å². The van der Waals surface area contributed by atoms with Crippen LogP contribution < -0.4 is 5.32 Å². The molecular weight excluding hydrogens is 285 g/mol. The van der Waals surface area contributed by atoms with Crippen molar-refractivity contribution in [3.63, 3.8) is 0 Å². The molecule has 1 saturated heterocycles. The van der Waals surface area contributed by atoms with Crippen LogP contribution >= 0.6 is 11.6 Å². The number of ether oxygens (including phenoxy) is 2. The summed E-state index contributed by atoms with van der Waals surface area (Å²) in [6.45, 7) is 0.809.